The number of hydrogen-bond donors (Lipinski definition) is 0. The van der Waals surface area contributed by atoms with Gasteiger partial charge in [-0.3, -0.25) is 0 Å². The Morgan fingerprint density at radius 2 is 2.29 bits per heavy atom. The van der Waals surface area contributed by atoms with Crippen molar-refractivity contribution in [2.45, 2.75) is 6.42 Å². The summed E-state index contributed by atoms with van der Waals surface area (Å²) < 4.78 is 0. The van der Waals surface area contributed by atoms with Gasteiger partial charge in [0.25, 0.3) is 0 Å². The van der Waals surface area contributed by atoms with Gasteiger partial charge in [-0.2, -0.15) is 0 Å². The Balaban J connectivity index is 2.11. The highest BCUT2D eigenvalue weighted by molar-refractivity contribution is 5.41. The Morgan fingerprint density at radius 1 is 1.29 bits per heavy atom. The van der Waals surface area contributed by atoms with Gasteiger partial charge in [-0.1, -0.05) is 6.08 Å². The average Bonchev–Trinajstić information content (AvgIpc) is 2.29. The van der Waals surface area contributed by atoms with E-state index in [2.05, 4.69) is 30.0 Å². The van der Waals surface area contributed by atoms with E-state index in [1.807, 2.05) is 36.5 Å². The van der Waals surface area contributed by atoms with Gasteiger partial charge >= 0.3 is 0 Å². The number of allylic oxidation sites excluding steroid dienone is 11. The molecule has 0 aromatic carbocycles. The molecule has 2 aliphatic carbocycles. The standard InChI is InChI=1S/C14H11/c1-3-7-13(8-4-1)11-12-14-9-5-2-6-10-14/h1,3-7,9,11-12H,2H2/q+1/b12-11-. The molecule has 0 aliphatic heterocycles. The summed E-state index contributed by atoms with van der Waals surface area (Å²) in [5.74, 6) is 0. The van der Waals surface area contributed by atoms with E-state index in [0.717, 1.165) is 17.6 Å². The Kier molecular flexibility index (Phi) is 2.73. The number of rotatable bonds is 2. The molecule has 0 fully saturated rings. The summed E-state index contributed by atoms with van der Waals surface area (Å²) in [5, 5.41) is 0. The van der Waals surface area contributed by atoms with Crippen LogP contribution in [0, 0.1) is 6.08 Å². The summed E-state index contributed by atoms with van der Waals surface area (Å²) in [4.78, 5) is 0. The lowest BCUT2D eigenvalue weighted by Crippen LogP contribution is -1.78. The molecule has 0 heteroatoms. The first-order chi connectivity index (χ1) is 6.95. The fraction of sp³-hybridized carbons (Fsp3) is 0.0714. The van der Waals surface area contributed by atoms with Crippen LogP contribution in [-0.2, 0) is 0 Å². The predicted octanol–water partition coefficient (Wildman–Crippen LogP) is 3.44. The molecule has 0 spiro atoms. The van der Waals surface area contributed by atoms with Crippen LogP contribution in [0.3, 0.4) is 0 Å². The average molecular weight is 179 g/mol. The lowest BCUT2D eigenvalue weighted by Gasteiger charge is -1.92. The predicted molar refractivity (Wildman–Crippen MR) is 59.5 cm³/mol. The van der Waals surface area contributed by atoms with Crippen molar-refractivity contribution in [3.05, 3.63) is 77.6 Å². The van der Waals surface area contributed by atoms with Gasteiger partial charge in [0.05, 0.1) is 6.08 Å². The van der Waals surface area contributed by atoms with Crippen LogP contribution in [0.25, 0.3) is 0 Å². The molecule has 0 aromatic rings. The molecule has 0 amide bonds. The van der Waals surface area contributed by atoms with Crippen molar-refractivity contribution in [3.8, 4) is 0 Å². The number of hydrogen-bond acceptors (Lipinski definition) is 0. The molecule has 0 unspecified atom stereocenters. The molecule has 0 aromatic heterocycles. The van der Waals surface area contributed by atoms with Crippen LogP contribution >= 0.6 is 0 Å². The molecule has 0 nitrogen and oxygen atoms in total. The molecule has 2 aliphatic rings. The first-order valence-electron chi connectivity index (χ1n) is 4.72. The van der Waals surface area contributed by atoms with Crippen molar-refractivity contribution in [2.75, 3.05) is 0 Å². The lowest BCUT2D eigenvalue weighted by atomic mass is 10.1. The van der Waals surface area contributed by atoms with Crippen molar-refractivity contribution in [1.29, 1.82) is 0 Å². The maximum atomic E-state index is 3.19. The van der Waals surface area contributed by atoms with Gasteiger partial charge in [0.1, 0.15) is 5.57 Å². The van der Waals surface area contributed by atoms with Crippen LogP contribution in [0.15, 0.2) is 71.6 Å². The Morgan fingerprint density at radius 3 is 3.00 bits per heavy atom. The minimum Gasteiger partial charge on any atom is -0.116 e. The van der Waals surface area contributed by atoms with Crippen LogP contribution < -0.4 is 0 Å². The van der Waals surface area contributed by atoms with Gasteiger partial charge in [0.15, 0.2) is 0 Å². The summed E-state index contributed by atoms with van der Waals surface area (Å²) in [6, 6.07) is 0. The smallest absolute Gasteiger partial charge is 0.116 e. The first kappa shape index (κ1) is 8.72. The molecule has 0 saturated heterocycles. The molecular weight excluding hydrogens is 168 g/mol. The third kappa shape index (κ3) is 2.31. The van der Waals surface area contributed by atoms with Crippen molar-refractivity contribution in [1.82, 2.24) is 0 Å². The highest BCUT2D eigenvalue weighted by Gasteiger charge is 1.98. The third-order valence-electron chi connectivity index (χ3n) is 2.00. The van der Waals surface area contributed by atoms with Gasteiger partial charge in [-0.05, 0) is 24.6 Å². The second kappa shape index (κ2) is 4.39. The van der Waals surface area contributed by atoms with E-state index in [-0.39, 0.29) is 0 Å². The zero-order valence-corrected chi connectivity index (χ0v) is 7.90. The summed E-state index contributed by atoms with van der Waals surface area (Å²) in [6.07, 6.45) is 22.4. The molecule has 2 rings (SSSR count). The van der Waals surface area contributed by atoms with E-state index in [4.69, 9.17) is 0 Å². The lowest BCUT2D eigenvalue weighted by molar-refractivity contribution is 1.36. The van der Waals surface area contributed by atoms with Gasteiger partial charge in [-0.15, -0.1) is 5.73 Å². The molecule has 0 N–H and O–H groups in total. The van der Waals surface area contributed by atoms with Gasteiger partial charge in [0, 0.05) is 36.0 Å². The minimum atomic E-state index is 0.995. The second-order valence-electron chi connectivity index (χ2n) is 3.09. The van der Waals surface area contributed by atoms with Crippen molar-refractivity contribution >= 4 is 0 Å². The van der Waals surface area contributed by atoms with E-state index in [1.165, 1.54) is 0 Å². The van der Waals surface area contributed by atoms with Crippen LogP contribution in [0.4, 0.5) is 0 Å². The van der Waals surface area contributed by atoms with Crippen molar-refractivity contribution in [3.63, 3.8) is 0 Å². The fourth-order valence-electron chi connectivity index (χ4n) is 1.28. The quantitative estimate of drug-likeness (QED) is 0.450. The first-order valence-corrected chi connectivity index (χ1v) is 4.72. The zero-order chi connectivity index (χ0) is 9.64. The summed E-state index contributed by atoms with van der Waals surface area (Å²) >= 11 is 0. The SMILES string of the molecule is C1=CCC=CC=1/C=C\C1=CC=CC=[C+]1. The maximum absolute atomic E-state index is 3.19. The highest BCUT2D eigenvalue weighted by Crippen LogP contribution is 2.09. The largest absolute Gasteiger partial charge is 0.147 e. The Bertz CT molecular complexity index is 417. The molecular formula is C14H11+. The molecule has 0 atom stereocenters. The summed E-state index contributed by atoms with van der Waals surface area (Å²) in [5.41, 5.74) is 5.41. The van der Waals surface area contributed by atoms with Gasteiger partial charge < -0.3 is 0 Å². The molecule has 0 saturated carbocycles. The molecule has 14 heavy (non-hydrogen) atoms. The second-order valence-corrected chi connectivity index (χ2v) is 3.09. The van der Waals surface area contributed by atoms with Crippen molar-refractivity contribution in [2.24, 2.45) is 0 Å². The van der Waals surface area contributed by atoms with Gasteiger partial charge in [-0.25, -0.2) is 0 Å². The van der Waals surface area contributed by atoms with Crippen LogP contribution in [-0.4, -0.2) is 0 Å². The normalized spacial score (nSPS) is 18.3. The van der Waals surface area contributed by atoms with E-state index in [1.54, 1.807) is 0 Å². The molecule has 0 heterocycles. The van der Waals surface area contributed by atoms with E-state index in [9.17, 15) is 0 Å². The topological polar surface area (TPSA) is 0 Å². The van der Waals surface area contributed by atoms with Crippen molar-refractivity contribution < 1.29 is 0 Å². The third-order valence-corrected chi connectivity index (χ3v) is 2.00. The Labute approximate surface area is 84.6 Å². The maximum Gasteiger partial charge on any atom is 0.147 e. The fourth-order valence-corrected chi connectivity index (χ4v) is 1.28. The van der Waals surface area contributed by atoms with E-state index >= 15 is 0 Å². The van der Waals surface area contributed by atoms with Crippen LogP contribution in [0.1, 0.15) is 6.42 Å². The van der Waals surface area contributed by atoms with Gasteiger partial charge in [0.2, 0.25) is 0 Å². The minimum absolute atomic E-state index is 0.995. The van der Waals surface area contributed by atoms with E-state index < -0.39 is 0 Å². The van der Waals surface area contributed by atoms with E-state index in [0.29, 0.717) is 0 Å². The summed E-state index contributed by atoms with van der Waals surface area (Å²) in [6.45, 7) is 0. The van der Waals surface area contributed by atoms with Crippen LogP contribution in [0.5, 0.6) is 0 Å². The molecule has 66 valence electrons. The molecule has 0 bridgehead atoms. The molecule has 0 radical (unpaired) electrons. The summed E-state index contributed by atoms with van der Waals surface area (Å²) in [7, 11) is 0. The zero-order valence-electron chi connectivity index (χ0n) is 7.90. The monoisotopic (exact) mass is 179 g/mol. The Hall–Kier alpha value is -1.87. The van der Waals surface area contributed by atoms with Crippen LogP contribution in [0.2, 0.25) is 0 Å². The highest BCUT2D eigenvalue weighted by atomic mass is 13.9.